The van der Waals surface area contributed by atoms with Crippen LogP contribution in [0.2, 0.25) is 0 Å². The largest absolute Gasteiger partial charge is 0.508 e. The third-order valence-corrected chi connectivity index (χ3v) is 4.38. The molecule has 0 bridgehead atoms. The lowest BCUT2D eigenvalue weighted by Crippen LogP contribution is -2.05. The molecule has 92 valence electrons. The summed E-state index contributed by atoms with van der Waals surface area (Å²) in [5.41, 5.74) is 0. The van der Waals surface area contributed by atoms with Crippen molar-refractivity contribution in [2.45, 2.75) is 11.3 Å². The first kappa shape index (κ1) is 12.5. The van der Waals surface area contributed by atoms with E-state index >= 15 is 0 Å². The summed E-state index contributed by atoms with van der Waals surface area (Å²) in [6.07, 6.45) is 5.28. The molecule has 0 heterocycles. The Kier molecular flexibility index (Phi) is 3.26. The van der Waals surface area contributed by atoms with E-state index in [4.69, 9.17) is 6.42 Å². The van der Waals surface area contributed by atoms with Crippen LogP contribution in [0.5, 0.6) is 5.75 Å². The first-order chi connectivity index (χ1) is 8.53. The van der Waals surface area contributed by atoms with Gasteiger partial charge in [0.05, 0.1) is 10.6 Å². The van der Waals surface area contributed by atoms with Gasteiger partial charge in [-0.05, 0) is 35.0 Å². The average molecular weight is 260 g/mol. The van der Waals surface area contributed by atoms with Crippen LogP contribution >= 0.6 is 0 Å². The van der Waals surface area contributed by atoms with Crippen LogP contribution in [0.3, 0.4) is 0 Å². The van der Waals surface area contributed by atoms with Crippen LogP contribution in [0.4, 0.5) is 0 Å². The SMILES string of the molecule is C#CCCS(=O)(=O)c1ccc2cc(O)ccc2c1. The van der Waals surface area contributed by atoms with E-state index in [9.17, 15) is 13.5 Å². The number of rotatable bonds is 3. The molecule has 0 aromatic heterocycles. The van der Waals surface area contributed by atoms with Crippen LogP contribution < -0.4 is 0 Å². The molecule has 2 rings (SSSR count). The lowest BCUT2D eigenvalue weighted by atomic mass is 10.1. The Bertz CT molecular complexity index is 724. The van der Waals surface area contributed by atoms with Crippen molar-refractivity contribution in [3.05, 3.63) is 36.4 Å². The molecule has 4 heteroatoms. The van der Waals surface area contributed by atoms with Crippen LogP contribution in [0.1, 0.15) is 6.42 Å². The number of hydrogen-bond acceptors (Lipinski definition) is 3. The molecule has 0 aliphatic carbocycles. The summed E-state index contributed by atoms with van der Waals surface area (Å²) in [5, 5.41) is 10.9. The lowest BCUT2D eigenvalue weighted by Gasteiger charge is -2.05. The minimum absolute atomic E-state index is 0.0485. The minimum atomic E-state index is -3.33. The van der Waals surface area contributed by atoms with E-state index in [1.807, 2.05) is 0 Å². The quantitative estimate of drug-likeness (QED) is 0.862. The minimum Gasteiger partial charge on any atom is -0.508 e. The monoisotopic (exact) mass is 260 g/mol. The maximum Gasteiger partial charge on any atom is 0.179 e. The van der Waals surface area contributed by atoms with Gasteiger partial charge in [0.1, 0.15) is 5.75 Å². The summed E-state index contributed by atoms with van der Waals surface area (Å²) in [6.45, 7) is 0. The van der Waals surface area contributed by atoms with Crippen LogP contribution in [0.15, 0.2) is 41.3 Å². The summed E-state index contributed by atoms with van der Waals surface area (Å²) in [5.74, 6) is 2.44. The zero-order valence-corrected chi connectivity index (χ0v) is 10.4. The van der Waals surface area contributed by atoms with E-state index in [0.717, 1.165) is 10.8 Å². The summed E-state index contributed by atoms with van der Waals surface area (Å²) >= 11 is 0. The summed E-state index contributed by atoms with van der Waals surface area (Å²) in [7, 11) is -3.33. The second-order valence-corrected chi connectivity index (χ2v) is 6.08. The van der Waals surface area contributed by atoms with Gasteiger partial charge in [-0.25, -0.2) is 8.42 Å². The molecule has 0 spiro atoms. The molecule has 18 heavy (non-hydrogen) atoms. The first-order valence-corrected chi connectivity index (χ1v) is 7.07. The standard InChI is InChI=1S/C14H12O3S/c1-2-3-8-18(16,17)14-7-5-11-9-13(15)6-4-12(11)10-14/h1,4-7,9-10,15H,3,8H2. The summed E-state index contributed by atoms with van der Waals surface area (Å²) < 4.78 is 23.9. The van der Waals surface area contributed by atoms with Crippen molar-refractivity contribution in [3.8, 4) is 18.1 Å². The molecule has 0 aliphatic rings. The number of sulfone groups is 1. The van der Waals surface area contributed by atoms with Gasteiger partial charge in [0.2, 0.25) is 0 Å². The maximum absolute atomic E-state index is 12.0. The van der Waals surface area contributed by atoms with Crippen molar-refractivity contribution >= 4 is 20.6 Å². The molecule has 0 atom stereocenters. The van der Waals surface area contributed by atoms with Crippen molar-refractivity contribution < 1.29 is 13.5 Å². The molecule has 0 unspecified atom stereocenters. The van der Waals surface area contributed by atoms with E-state index in [-0.39, 0.29) is 22.8 Å². The van der Waals surface area contributed by atoms with Gasteiger partial charge in [0, 0.05) is 6.42 Å². The van der Waals surface area contributed by atoms with Crippen LogP contribution in [-0.4, -0.2) is 19.3 Å². The fourth-order valence-corrected chi connectivity index (χ4v) is 2.92. The highest BCUT2D eigenvalue weighted by atomic mass is 32.2. The van der Waals surface area contributed by atoms with Gasteiger partial charge < -0.3 is 5.11 Å². The van der Waals surface area contributed by atoms with E-state index < -0.39 is 9.84 Å². The molecule has 2 aromatic carbocycles. The Morgan fingerprint density at radius 3 is 2.50 bits per heavy atom. The van der Waals surface area contributed by atoms with E-state index in [0.29, 0.717) is 0 Å². The number of fused-ring (bicyclic) bond motifs is 1. The Morgan fingerprint density at radius 1 is 1.11 bits per heavy atom. The zero-order chi connectivity index (χ0) is 13.2. The third-order valence-electron chi connectivity index (χ3n) is 2.67. The van der Waals surface area contributed by atoms with Gasteiger partial charge >= 0.3 is 0 Å². The third kappa shape index (κ3) is 2.47. The molecule has 3 nitrogen and oxygen atoms in total. The number of phenolic OH excluding ortho intramolecular Hbond substituents is 1. The second-order valence-electron chi connectivity index (χ2n) is 3.97. The molecule has 0 radical (unpaired) electrons. The number of terminal acetylenes is 1. The number of hydrogen-bond donors (Lipinski definition) is 1. The van der Waals surface area contributed by atoms with Crippen LogP contribution in [0, 0.1) is 12.3 Å². The van der Waals surface area contributed by atoms with Crippen molar-refractivity contribution in [1.82, 2.24) is 0 Å². The zero-order valence-electron chi connectivity index (χ0n) is 9.63. The molecule has 0 aliphatic heterocycles. The molecule has 0 amide bonds. The number of benzene rings is 2. The highest BCUT2D eigenvalue weighted by molar-refractivity contribution is 7.91. The average Bonchev–Trinajstić information content (AvgIpc) is 2.35. The predicted octanol–water partition coefficient (Wildman–Crippen LogP) is 2.34. The Labute approximate surface area is 106 Å². The molecule has 0 saturated heterocycles. The van der Waals surface area contributed by atoms with Gasteiger partial charge in [0.25, 0.3) is 0 Å². The van der Waals surface area contributed by atoms with Crippen molar-refractivity contribution in [1.29, 1.82) is 0 Å². The number of aromatic hydroxyl groups is 1. The molecule has 2 aromatic rings. The topological polar surface area (TPSA) is 54.4 Å². The smallest absolute Gasteiger partial charge is 0.179 e. The Morgan fingerprint density at radius 2 is 1.78 bits per heavy atom. The number of phenols is 1. The molecule has 1 N–H and O–H groups in total. The van der Waals surface area contributed by atoms with Gasteiger partial charge in [-0.1, -0.05) is 12.1 Å². The molecule has 0 fully saturated rings. The fraction of sp³-hybridized carbons (Fsp3) is 0.143. The Hall–Kier alpha value is -1.99. The predicted molar refractivity (Wildman–Crippen MR) is 71.1 cm³/mol. The van der Waals surface area contributed by atoms with Crippen molar-refractivity contribution in [2.75, 3.05) is 5.75 Å². The van der Waals surface area contributed by atoms with Gasteiger partial charge in [-0.15, -0.1) is 12.3 Å². The van der Waals surface area contributed by atoms with Crippen molar-refractivity contribution in [3.63, 3.8) is 0 Å². The fourth-order valence-electron chi connectivity index (χ4n) is 1.72. The summed E-state index contributed by atoms with van der Waals surface area (Å²) in [4.78, 5) is 0.260. The van der Waals surface area contributed by atoms with Crippen LogP contribution in [0.25, 0.3) is 10.8 Å². The van der Waals surface area contributed by atoms with E-state index in [1.54, 1.807) is 24.3 Å². The van der Waals surface area contributed by atoms with Crippen LogP contribution in [-0.2, 0) is 9.84 Å². The first-order valence-electron chi connectivity index (χ1n) is 5.42. The van der Waals surface area contributed by atoms with Gasteiger partial charge in [0.15, 0.2) is 9.84 Å². The highest BCUT2D eigenvalue weighted by Gasteiger charge is 2.13. The highest BCUT2D eigenvalue weighted by Crippen LogP contribution is 2.23. The molecule has 0 saturated carbocycles. The molecular weight excluding hydrogens is 248 g/mol. The normalized spacial score (nSPS) is 11.3. The van der Waals surface area contributed by atoms with Gasteiger partial charge in [-0.2, -0.15) is 0 Å². The summed E-state index contributed by atoms with van der Waals surface area (Å²) in [6, 6.07) is 9.62. The van der Waals surface area contributed by atoms with E-state index in [2.05, 4.69) is 5.92 Å². The maximum atomic E-state index is 12.0. The molecular formula is C14H12O3S. The Balaban J connectivity index is 2.48. The van der Waals surface area contributed by atoms with Crippen molar-refractivity contribution in [2.24, 2.45) is 0 Å². The van der Waals surface area contributed by atoms with Gasteiger partial charge in [-0.3, -0.25) is 0 Å². The lowest BCUT2D eigenvalue weighted by molar-refractivity contribution is 0.476. The van der Waals surface area contributed by atoms with E-state index in [1.165, 1.54) is 12.1 Å². The second kappa shape index (κ2) is 4.71.